The number of hydrogen-bond acceptors (Lipinski definition) is 3. The van der Waals surface area contributed by atoms with Crippen LogP contribution >= 0.6 is 23.2 Å². The van der Waals surface area contributed by atoms with Crippen LogP contribution in [0.15, 0.2) is 23.3 Å². The van der Waals surface area contributed by atoms with Gasteiger partial charge in [-0.25, -0.2) is 4.79 Å². The highest BCUT2D eigenvalue weighted by molar-refractivity contribution is 6.39. The predicted octanol–water partition coefficient (Wildman–Crippen LogP) is 2.28. The summed E-state index contributed by atoms with van der Waals surface area (Å²) in [5.74, 6) is 0. The van der Waals surface area contributed by atoms with Crippen molar-refractivity contribution in [1.29, 1.82) is 0 Å². The second-order valence-electron chi connectivity index (χ2n) is 2.69. The molecule has 1 aromatic rings. The highest BCUT2D eigenvalue weighted by Gasteiger charge is 2.02. The van der Waals surface area contributed by atoms with Crippen molar-refractivity contribution in [3.63, 3.8) is 0 Å². The number of anilines is 1. The monoisotopic (exact) mass is 260 g/mol. The summed E-state index contributed by atoms with van der Waals surface area (Å²) in [6, 6.07) is 4.72. The number of nitrogens with zero attached hydrogens (tertiary/aromatic N) is 1. The molecular formula is C9H10Cl2N4O. The van der Waals surface area contributed by atoms with Gasteiger partial charge in [0.1, 0.15) is 6.34 Å². The summed E-state index contributed by atoms with van der Waals surface area (Å²) in [5, 5.41) is 9.35. The highest BCUT2D eigenvalue weighted by atomic mass is 35.5. The second-order valence-corrected chi connectivity index (χ2v) is 3.50. The van der Waals surface area contributed by atoms with Gasteiger partial charge in [-0.05, 0) is 12.1 Å². The number of rotatable bonds is 3. The fourth-order valence-corrected chi connectivity index (χ4v) is 1.35. The smallest absolute Gasteiger partial charge is 0.319 e. The maximum atomic E-state index is 10.8. The summed E-state index contributed by atoms with van der Waals surface area (Å²) in [4.78, 5) is 10.8. The molecule has 0 unspecified atom stereocenters. The molecule has 0 saturated heterocycles. The molecule has 1 rings (SSSR count). The third kappa shape index (κ3) is 3.60. The van der Waals surface area contributed by atoms with Crippen LogP contribution in [0, 0.1) is 0 Å². The molecule has 16 heavy (non-hydrogen) atoms. The zero-order chi connectivity index (χ0) is 12.0. The summed E-state index contributed by atoms with van der Waals surface area (Å²) in [6.07, 6.45) is 1.19. The molecule has 0 atom stereocenters. The number of nitrogens with one attached hydrogen (secondary N) is 3. The number of urea groups is 1. The molecule has 0 bridgehead atoms. The van der Waals surface area contributed by atoms with Crippen molar-refractivity contribution in [1.82, 2.24) is 10.6 Å². The summed E-state index contributed by atoms with van der Waals surface area (Å²) < 4.78 is 0. The Bertz CT molecular complexity index is 388. The van der Waals surface area contributed by atoms with E-state index in [0.29, 0.717) is 15.7 Å². The van der Waals surface area contributed by atoms with E-state index in [4.69, 9.17) is 23.2 Å². The van der Waals surface area contributed by atoms with Crippen molar-refractivity contribution in [2.45, 2.75) is 0 Å². The van der Waals surface area contributed by atoms with E-state index in [1.54, 1.807) is 18.2 Å². The number of carbonyl (C=O) groups is 1. The Hall–Kier alpha value is -1.46. The molecule has 0 saturated carbocycles. The van der Waals surface area contributed by atoms with Crippen LogP contribution in [0.5, 0.6) is 0 Å². The Morgan fingerprint density at radius 1 is 1.38 bits per heavy atom. The van der Waals surface area contributed by atoms with Crippen LogP contribution in [-0.4, -0.2) is 19.4 Å². The van der Waals surface area contributed by atoms with Crippen LogP contribution in [0.2, 0.25) is 10.0 Å². The lowest BCUT2D eigenvalue weighted by Crippen LogP contribution is -2.31. The third-order valence-corrected chi connectivity index (χ3v) is 2.26. The van der Waals surface area contributed by atoms with E-state index < -0.39 is 0 Å². The summed E-state index contributed by atoms with van der Waals surface area (Å²) in [5.41, 5.74) is 3.11. The maximum absolute atomic E-state index is 10.8. The predicted molar refractivity (Wildman–Crippen MR) is 66.2 cm³/mol. The van der Waals surface area contributed by atoms with Gasteiger partial charge in [-0.2, -0.15) is 5.10 Å². The van der Waals surface area contributed by atoms with Gasteiger partial charge in [-0.1, -0.05) is 29.3 Å². The normalized spacial score (nSPS) is 10.2. The van der Waals surface area contributed by atoms with Gasteiger partial charge in [0.15, 0.2) is 0 Å². The first-order valence-electron chi connectivity index (χ1n) is 4.35. The number of para-hydroxylation sites is 1. The van der Waals surface area contributed by atoms with Crippen molar-refractivity contribution in [2.24, 2.45) is 5.10 Å². The lowest BCUT2D eigenvalue weighted by molar-refractivity contribution is 0.247. The molecule has 0 aromatic heterocycles. The van der Waals surface area contributed by atoms with Gasteiger partial charge in [-0.15, -0.1) is 0 Å². The van der Waals surface area contributed by atoms with Crippen LogP contribution in [0.1, 0.15) is 0 Å². The van der Waals surface area contributed by atoms with Gasteiger partial charge in [0, 0.05) is 7.05 Å². The van der Waals surface area contributed by atoms with Crippen molar-refractivity contribution in [3.05, 3.63) is 28.2 Å². The molecule has 5 nitrogen and oxygen atoms in total. The number of amides is 2. The molecular weight excluding hydrogens is 251 g/mol. The first kappa shape index (κ1) is 12.6. The van der Waals surface area contributed by atoms with Crippen LogP contribution in [-0.2, 0) is 0 Å². The Morgan fingerprint density at radius 2 is 2.00 bits per heavy atom. The molecule has 0 fully saturated rings. The standard InChI is InChI=1S/C9H10Cl2N4O/c1-12-9(16)13-5-14-15-8-6(10)3-2-4-7(8)11/h2-5,15H,1H3,(H2,12,13,14,16). The average Bonchev–Trinajstić information content (AvgIpc) is 2.27. The van der Waals surface area contributed by atoms with E-state index in [-0.39, 0.29) is 6.03 Å². The average molecular weight is 261 g/mol. The molecule has 86 valence electrons. The fourth-order valence-electron chi connectivity index (χ4n) is 0.865. The number of hydrazone groups is 1. The Morgan fingerprint density at radius 3 is 2.56 bits per heavy atom. The first-order chi connectivity index (χ1) is 7.65. The Labute approximate surface area is 103 Å². The van der Waals surface area contributed by atoms with E-state index in [0.717, 1.165) is 0 Å². The summed E-state index contributed by atoms with van der Waals surface area (Å²) in [7, 11) is 1.50. The lowest BCUT2D eigenvalue weighted by Gasteiger charge is -2.04. The summed E-state index contributed by atoms with van der Waals surface area (Å²) >= 11 is 11.8. The van der Waals surface area contributed by atoms with Gasteiger partial charge < -0.3 is 5.32 Å². The van der Waals surface area contributed by atoms with Crippen molar-refractivity contribution < 1.29 is 4.79 Å². The van der Waals surface area contributed by atoms with Crippen LogP contribution in [0.25, 0.3) is 0 Å². The van der Waals surface area contributed by atoms with Crippen LogP contribution in [0.4, 0.5) is 10.5 Å². The number of carbonyl (C=O) groups excluding carboxylic acids is 1. The Kier molecular flexibility index (Phi) is 4.88. The molecule has 3 N–H and O–H groups in total. The maximum Gasteiger partial charge on any atom is 0.319 e. The highest BCUT2D eigenvalue weighted by Crippen LogP contribution is 2.29. The lowest BCUT2D eigenvalue weighted by atomic mass is 10.3. The largest absolute Gasteiger partial charge is 0.341 e. The first-order valence-corrected chi connectivity index (χ1v) is 5.10. The fraction of sp³-hybridized carbons (Fsp3) is 0.111. The number of halogens is 2. The van der Waals surface area contributed by atoms with Crippen molar-refractivity contribution in [3.8, 4) is 0 Å². The quantitative estimate of drug-likeness (QED) is 0.444. The van der Waals surface area contributed by atoms with E-state index in [2.05, 4.69) is 21.2 Å². The second kappa shape index (κ2) is 6.19. The molecule has 0 aliphatic carbocycles. The zero-order valence-corrected chi connectivity index (χ0v) is 9.93. The molecule has 2 amide bonds. The van der Waals surface area contributed by atoms with E-state index in [1.807, 2.05) is 0 Å². The molecule has 0 aliphatic rings. The van der Waals surface area contributed by atoms with Gasteiger partial charge in [0.05, 0.1) is 15.7 Å². The zero-order valence-electron chi connectivity index (χ0n) is 8.42. The molecule has 0 radical (unpaired) electrons. The minimum absolute atomic E-state index is 0.365. The SMILES string of the molecule is CNC(=O)NC=NNc1c(Cl)cccc1Cl. The van der Waals surface area contributed by atoms with Gasteiger partial charge in [-0.3, -0.25) is 10.7 Å². The van der Waals surface area contributed by atoms with Gasteiger partial charge in [0.25, 0.3) is 0 Å². The molecule has 1 aromatic carbocycles. The van der Waals surface area contributed by atoms with E-state index in [9.17, 15) is 4.79 Å². The van der Waals surface area contributed by atoms with E-state index in [1.165, 1.54) is 13.4 Å². The summed E-state index contributed by atoms with van der Waals surface area (Å²) in [6.45, 7) is 0. The molecule has 0 aliphatic heterocycles. The van der Waals surface area contributed by atoms with Crippen LogP contribution in [0.3, 0.4) is 0 Å². The molecule has 7 heteroatoms. The van der Waals surface area contributed by atoms with E-state index >= 15 is 0 Å². The topological polar surface area (TPSA) is 65.5 Å². The number of hydrogen-bond donors (Lipinski definition) is 3. The number of benzene rings is 1. The van der Waals surface area contributed by atoms with Gasteiger partial charge >= 0.3 is 6.03 Å². The third-order valence-electron chi connectivity index (χ3n) is 1.63. The molecule has 0 heterocycles. The van der Waals surface area contributed by atoms with Crippen molar-refractivity contribution >= 4 is 41.3 Å². The minimum atomic E-state index is -0.365. The van der Waals surface area contributed by atoms with Crippen molar-refractivity contribution in [2.75, 3.05) is 12.5 Å². The van der Waals surface area contributed by atoms with Crippen LogP contribution < -0.4 is 16.1 Å². The minimum Gasteiger partial charge on any atom is -0.341 e. The molecule has 0 spiro atoms. The Balaban J connectivity index is 2.58. The van der Waals surface area contributed by atoms with Gasteiger partial charge in [0.2, 0.25) is 0 Å².